The van der Waals surface area contributed by atoms with Gasteiger partial charge >= 0.3 is 0 Å². The molecule has 2 aromatic rings. The third-order valence-electron chi connectivity index (χ3n) is 1.92. The molecule has 14 heavy (non-hydrogen) atoms. The number of halogens is 1. The average Bonchev–Trinajstić information content (AvgIpc) is 2.70. The van der Waals surface area contributed by atoms with Crippen molar-refractivity contribution in [1.29, 1.82) is 0 Å². The number of hydrogen-bond donors (Lipinski definition) is 1. The van der Waals surface area contributed by atoms with E-state index in [9.17, 15) is 0 Å². The molecule has 2 nitrogen and oxygen atoms in total. The molecule has 72 valence electrons. The Kier molecular flexibility index (Phi) is 2.89. The lowest BCUT2D eigenvalue weighted by atomic mass is 10.3. The summed E-state index contributed by atoms with van der Waals surface area (Å²) in [4.78, 5) is 0. The largest absolute Gasteiger partial charge is 0.472 e. The van der Waals surface area contributed by atoms with Crippen molar-refractivity contribution in [1.82, 2.24) is 0 Å². The summed E-state index contributed by atoms with van der Waals surface area (Å²) in [6.07, 6.45) is 3.42. The SMILES string of the molecule is Brc1ccc(NCc2ccoc2)cc1. The van der Waals surface area contributed by atoms with Crippen LogP contribution in [-0.2, 0) is 6.54 Å². The molecule has 0 bridgehead atoms. The van der Waals surface area contributed by atoms with Crippen molar-refractivity contribution in [2.75, 3.05) is 5.32 Å². The lowest BCUT2D eigenvalue weighted by Gasteiger charge is -2.03. The maximum absolute atomic E-state index is 4.97. The van der Waals surface area contributed by atoms with E-state index in [1.165, 1.54) is 0 Å². The summed E-state index contributed by atoms with van der Waals surface area (Å²) in [7, 11) is 0. The molecule has 1 heterocycles. The van der Waals surface area contributed by atoms with Crippen LogP contribution in [0.4, 0.5) is 5.69 Å². The van der Waals surface area contributed by atoms with Gasteiger partial charge in [-0.3, -0.25) is 0 Å². The first-order valence-electron chi connectivity index (χ1n) is 4.35. The van der Waals surface area contributed by atoms with Crippen LogP contribution in [0.2, 0.25) is 0 Å². The van der Waals surface area contributed by atoms with E-state index in [1.54, 1.807) is 12.5 Å². The van der Waals surface area contributed by atoms with E-state index in [2.05, 4.69) is 21.2 Å². The number of nitrogens with one attached hydrogen (secondary N) is 1. The van der Waals surface area contributed by atoms with Crippen molar-refractivity contribution in [3.8, 4) is 0 Å². The Hall–Kier alpha value is -1.22. The van der Waals surface area contributed by atoms with Crippen LogP contribution >= 0.6 is 15.9 Å². The Morgan fingerprint density at radius 1 is 1.14 bits per heavy atom. The van der Waals surface area contributed by atoms with Gasteiger partial charge in [0.15, 0.2) is 0 Å². The van der Waals surface area contributed by atoms with Gasteiger partial charge in [0.2, 0.25) is 0 Å². The highest BCUT2D eigenvalue weighted by molar-refractivity contribution is 9.10. The Balaban J connectivity index is 1.95. The van der Waals surface area contributed by atoms with Crippen LogP contribution in [-0.4, -0.2) is 0 Å². The molecule has 0 amide bonds. The molecule has 0 atom stereocenters. The highest BCUT2D eigenvalue weighted by Crippen LogP contribution is 2.14. The summed E-state index contributed by atoms with van der Waals surface area (Å²) in [6.45, 7) is 0.790. The fraction of sp³-hybridized carbons (Fsp3) is 0.0909. The molecule has 2 rings (SSSR count). The normalized spacial score (nSPS) is 10.1. The van der Waals surface area contributed by atoms with Gasteiger partial charge in [0, 0.05) is 22.3 Å². The van der Waals surface area contributed by atoms with E-state index < -0.39 is 0 Å². The molecule has 3 heteroatoms. The van der Waals surface area contributed by atoms with Crippen LogP contribution in [0.25, 0.3) is 0 Å². The van der Waals surface area contributed by atoms with Crippen molar-refractivity contribution in [3.05, 3.63) is 52.9 Å². The minimum Gasteiger partial charge on any atom is -0.472 e. The van der Waals surface area contributed by atoms with Gasteiger partial charge in [-0.15, -0.1) is 0 Å². The summed E-state index contributed by atoms with van der Waals surface area (Å²) >= 11 is 3.39. The van der Waals surface area contributed by atoms with E-state index >= 15 is 0 Å². The number of hydrogen-bond acceptors (Lipinski definition) is 2. The summed E-state index contributed by atoms with van der Waals surface area (Å²) < 4.78 is 6.06. The number of benzene rings is 1. The summed E-state index contributed by atoms with van der Waals surface area (Å²) in [6, 6.07) is 10.0. The molecule has 0 fully saturated rings. The molecular weight excluding hydrogens is 242 g/mol. The van der Waals surface area contributed by atoms with Gasteiger partial charge in [-0.1, -0.05) is 15.9 Å². The van der Waals surface area contributed by atoms with Crippen molar-refractivity contribution < 1.29 is 4.42 Å². The van der Waals surface area contributed by atoms with Gasteiger partial charge in [-0.05, 0) is 30.3 Å². The molecule has 0 aliphatic rings. The molecule has 0 unspecified atom stereocenters. The third kappa shape index (κ3) is 2.39. The van der Waals surface area contributed by atoms with E-state index in [4.69, 9.17) is 4.42 Å². The summed E-state index contributed by atoms with van der Waals surface area (Å²) in [5, 5.41) is 3.29. The molecule has 1 aromatic heterocycles. The van der Waals surface area contributed by atoms with Crippen molar-refractivity contribution in [2.45, 2.75) is 6.54 Å². The van der Waals surface area contributed by atoms with Gasteiger partial charge in [0.1, 0.15) is 0 Å². The monoisotopic (exact) mass is 251 g/mol. The molecule has 0 saturated carbocycles. The lowest BCUT2D eigenvalue weighted by Crippen LogP contribution is -1.97. The van der Waals surface area contributed by atoms with Crippen LogP contribution in [0, 0.1) is 0 Å². The summed E-state index contributed by atoms with van der Waals surface area (Å²) in [5.74, 6) is 0. The molecule has 1 N–H and O–H groups in total. The van der Waals surface area contributed by atoms with Crippen molar-refractivity contribution in [2.24, 2.45) is 0 Å². The van der Waals surface area contributed by atoms with Crippen LogP contribution in [0.15, 0.2) is 51.7 Å². The molecular formula is C11H10BrNO. The quantitative estimate of drug-likeness (QED) is 0.901. The molecule has 0 saturated heterocycles. The van der Waals surface area contributed by atoms with E-state index in [1.807, 2.05) is 30.3 Å². The second-order valence-electron chi connectivity index (χ2n) is 2.99. The number of anilines is 1. The van der Waals surface area contributed by atoms with Crippen molar-refractivity contribution in [3.63, 3.8) is 0 Å². The Bertz CT molecular complexity index is 380. The molecule has 0 radical (unpaired) electrons. The van der Waals surface area contributed by atoms with E-state index in [0.29, 0.717) is 0 Å². The fourth-order valence-electron chi connectivity index (χ4n) is 1.17. The Labute approximate surface area is 91.1 Å². The number of furan rings is 1. The smallest absolute Gasteiger partial charge is 0.0952 e. The standard InChI is InChI=1S/C11H10BrNO/c12-10-1-3-11(4-2-10)13-7-9-5-6-14-8-9/h1-6,8,13H,7H2. The van der Waals surface area contributed by atoms with Crippen LogP contribution in [0.3, 0.4) is 0 Å². The highest BCUT2D eigenvalue weighted by atomic mass is 79.9. The third-order valence-corrected chi connectivity index (χ3v) is 2.45. The predicted octanol–water partition coefficient (Wildman–Crippen LogP) is 3.65. The first kappa shape index (κ1) is 9.34. The zero-order valence-electron chi connectivity index (χ0n) is 7.53. The van der Waals surface area contributed by atoms with Crippen LogP contribution in [0.1, 0.15) is 5.56 Å². The minimum absolute atomic E-state index is 0.790. The zero-order valence-corrected chi connectivity index (χ0v) is 9.12. The lowest BCUT2D eigenvalue weighted by molar-refractivity contribution is 0.564. The minimum atomic E-state index is 0.790. The Morgan fingerprint density at radius 2 is 1.93 bits per heavy atom. The molecule has 0 aliphatic heterocycles. The van der Waals surface area contributed by atoms with Gasteiger partial charge in [0.25, 0.3) is 0 Å². The Morgan fingerprint density at radius 3 is 2.57 bits per heavy atom. The maximum atomic E-state index is 4.97. The first-order chi connectivity index (χ1) is 6.84. The maximum Gasteiger partial charge on any atom is 0.0952 e. The zero-order chi connectivity index (χ0) is 9.80. The van der Waals surface area contributed by atoms with Crippen molar-refractivity contribution >= 4 is 21.6 Å². The number of rotatable bonds is 3. The van der Waals surface area contributed by atoms with Gasteiger partial charge in [0.05, 0.1) is 12.5 Å². The highest BCUT2D eigenvalue weighted by Gasteiger charge is 1.94. The molecule has 0 spiro atoms. The van der Waals surface area contributed by atoms with E-state index in [-0.39, 0.29) is 0 Å². The predicted molar refractivity (Wildman–Crippen MR) is 60.2 cm³/mol. The average molecular weight is 252 g/mol. The first-order valence-corrected chi connectivity index (χ1v) is 5.14. The summed E-state index contributed by atoms with van der Waals surface area (Å²) in [5.41, 5.74) is 2.25. The fourth-order valence-corrected chi connectivity index (χ4v) is 1.43. The molecule has 0 aliphatic carbocycles. The van der Waals surface area contributed by atoms with Gasteiger partial charge < -0.3 is 9.73 Å². The second-order valence-corrected chi connectivity index (χ2v) is 3.91. The van der Waals surface area contributed by atoms with E-state index in [0.717, 1.165) is 22.3 Å². The van der Waals surface area contributed by atoms with Crippen LogP contribution < -0.4 is 5.32 Å². The topological polar surface area (TPSA) is 25.2 Å². The van der Waals surface area contributed by atoms with Crippen LogP contribution in [0.5, 0.6) is 0 Å². The molecule has 1 aromatic carbocycles. The van der Waals surface area contributed by atoms with Gasteiger partial charge in [-0.2, -0.15) is 0 Å². The second kappa shape index (κ2) is 4.33. The van der Waals surface area contributed by atoms with Gasteiger partial charge in [-0.25, -0.2) is 0 Å².